The summed E-state index contributed by atoms with van der Waals surface area (Å²) >= 11 is 1.27. The summed E-state index contributed by atoms with van der Waals surface area (Å²) in [6, 6.07) is 16.9. The lowest BCUT2D eigenvalue weighted by atomic mass is 10.1. The predicted molar refractivity (Wildman–Crippen MR) is 117 cm³/mol. The van der Waals surface area contributed by atoms with E-state index in [0.29, 0.717) is 22.8 Å². The topological polar surface area (TPSA) is 106 Å². The number of rotatable bonds is 7. The summed E-state index contributed by atoms with van der Waals surface area (Å²) in [6.45, 7) is 2.08. The zero-order valence-electron chi connectivity index (χ0n) is 16.5. The van der Waals surface area contributed by atoms with Crippen LogP contribution in [0.1, 0.15) is 34.0 Å². The van der Waals surface area contributed by atoms with Gasteiger partial charge in [-0.15, -0.1) is 0 Å². The third kappa shape index (κ3) is 5.78. The van der Waals surface area contributed by atoms with Crippen LogP contribution < -0.4 is 0 Å². The number of nitrogens with zero attached hydrogens (tertiary/aromatic N) is 3. The Hall–Kier alpha value is -3.96. The van der Waals surface area contributed by atoms with Crippen molar-refractivity contribution in [3.63, 3.8) is 0 Å². The molecule has 0 bridgehead atoms. The van der Waals surface area contributed by atoms with Gasteiger partial charge in [0, 0.05) is 23.2 Å². The molecular formula is C23H17N3O4S. The molecule has 154 valence electrons. The normalized spacial score (nSPS) is 10.6. The second kappa shape index (κ2) is 10.2. The standard InChI is InChI=1S/C23H17N3O4S/c1-2-30-23(27)18-7-5-16(6-8-18)3-4-17-13-19(14-24)22(25-15-17)31-21-11-9-20(10-12-21)26(28)29/h3-13,15H,2H2,1H3. The third-order valence-corrected chi connectivity index (χ3v) is 5.17. The van der Waals surface area contributed by atoms with Crippen molar-refractivity contribution in [2.45, 2.75) is 16.8 Å². The van der Waals surface area contributed by atoms with E-state index < -0.39 is 4.92 Å². The maximum Gasteiger partial charge on any atom is 0.338 e. The van der Waals surface area contributed by atoms with E-state index in [4.69, 9.17) is 4.74 Å². The Kier molecular flexibility index (Phi) is 7.14. The van der Waals surface area contributed by atoms with Gasteiger partial charge in [0.1, 0.15) is 11.1 Å². The zero-order valence-corrected chi connectivity index (χ0v) is 17.3. The van der Waals surface area contributed by atoms with Gasteiger partial charge in [0.25, 0.3) is 5.69 Å². The third-order valence-electron chi connectivity index (χ3n) is 4.14. The Bertz CT molecular complexity index is 1170. The minimum Gasteiger partial charge on any atom is -0.462 e. The van der Waals surface area contributed by atoms with Gasteiger partial charge in [-0.25, -0.2) is 9.78 Å². The number of carbonyl (C=O) groups excluding carboxylic acids is 1. The number of carbonyl (C=O) groups is 1. The highest BCUT2D eigenvalue weighted by Gasteiger charge is 2.09. The second-order valence-electron chi connectivity index (χ2n) is 6.26. The summed E-state index contributed by atoms with van der Waals surface area (Å²) < 4.78 is 4.96. The van der Waals surface area contributed by atoms with Crippen molar-refractivity contribution in [1.82, 2.24) is 4.98 Å². The van der Waals surface area contributed by atoms with Crippen LogP contribution in [0.15, 0.2) is 70.7 Å². The molecule has 0 saturated heterocycles. The van der Waals surface area contributed by atoms with Crippen LogP contribution in [0.2, 0.25) is 0 Å². The number of aromatic nitrogens is 1. The lowest BCUT2D eigenvalue weighted by molar-refractivity contribution is -0.384. The molecule has 0 spiro atoms. The second-order valence-corrected chi connectivity index (χ2v) is 7.32. The van der Waals surface area contributed by atoms with E-state index in [2.05, 4.69) is 11.1 Å². The van der Waals surface area contributed by atoms with Crippen LogP contribution >= 0.6 is 11.8 Å². The maximum atomic E-state index is 11.7. The predicted octanol–water partition coefficient (Wildman–Crippen LogP) is 5.36. The van der Waals surface area contributed by atoms with Gasteiger partial charge in [0.15, 0.2) is 0 Å². The molecule has 0 radical (unpaired) electrons. The number of nitriles is 1. The van der Waals surface area contributed by atoms with Gasteiger partial charge in [-0.1, -0.05) is 36.0 Å². The van der Waals surface area contributed by atoms with Gasteiger partial charge in [-0.05, 0) is 48.4 Å². The Labute approximate surface area is 183 Å². The molecule has 0 amide bonds. The molecule has 0 unspecified atom stereocenters. The van der Waals surface area contributed by atoms with Crippen LogP contribution in [0.4, 0.5) is 5.69 Å². The number of ether oxygens (including phenoxy) is 1. The molecule has 7 nitrogen and oxygen atoms in total. The summed E-state index contributed by atoms with van der Waals surface area (Å²) in [4.78, 5) is 27.1. The number of hydrogen-bond donors (Lipinski definition) is 0. The molecular weight excluding hydrogens is 414 g/mol. The molecule has 8 heteroatoms. The number of benzene rings is 2. The number of esters is 1. The minimum absolute atomic E-state index is 0.00795. The van der Waals surface area contributed by atoms with Crippen LogP contribution in [-0.2, 0) is 4.74 Å². The summed E-state index contributed by atoms with van der Waals surface area (Å²) in [6.07, 6.45) is 5.34. The quantitative estimate of drug-likeness (QED) is 0.282. The molecule has 31 heavy (non-hydrogen) atoms. The number of nitro groups is 1. The van der Waals surface area contributed by atoms with Crippen molar-refractivity contribution in [3.05, 3.63) is 93.2 Å². The fraction of sp³-hybridized carbons (Fsp3) is 0.0870. The summed E-state index contributed by atoms with van der Waals surface area (Å²) in [5.41, 5.74) is 2.53. The van der Waals surface area contributed by atoms with Gasteiger partial charge in [-0.2, -0.15) is 5.26 Å². The van der Waals surface area contributed by atoms with E-state index in [-0.39, 0.29) is 11.7 Å². The van der Waals surface area contributed by atoms with Crippen LogP contribution in [0, 0.1) is 21.4 Å². The van der Waals surface area contributed by atoms with Crippen LogP contribution in [0.3, 0.4) is 0 Å². The first kappa shape index (κ1) is 21.7. The monoisotopic (exact) mass is 431 g/mol. The van der Waals surface area contributed by atoms with Gasteiger partial charge >= 0.3 is 5.97 Å². The number of non-ortho nitro benzene ring substituents is 1. The molecule has 0 aliphatic heterocycles. The maximum absolute atomic E-state index is 11.7. The number of nitro benzene ring substituents is 1. The fourth-order valence-electron chi connectivity index (χ4n) is 2.61. The van der Waals surface area contributed by atoms with E-state index in [1.165, 1.54) is 23.9 Å². The molecule has 0 aliphatic rings. The Balaban J connectivity index is 1.73. The Morgan fingerprint density at radius 3 is 2.45 bits per heavy atom. The van der Waals surface area contributed by atoms with E-state index in [9.17, 15) is 20.2 Å². The lowest BCUT2D eigenvalue weighted by Crippen LogP contribution is -2.03. The van der Waals surface area contributed by atoms with E-state index in [0.717, 1.165) is 16.0 Å². The van der Waals surface area contributed by atoms with Gasteiger partial charge in [0.05, 0.1) is 22.7 Å². The van der Waals surface area contributed by atoms with Crippen molar-refractivity contribution in [2.24, 2.45) is 0 Å². The summed E-state index contributed by atoms with van der Waals surface area (Å²) in [7, 11) is 0. The lowest BCUT2D eigenvalue weighted by Gasteiger charge is -2.04. The highest BCUT2D eigenvalue weighted by molar-refractivity contribution is 7.99. The van der Waals surface area contributed by atoms with Crippen LogP contribution in [0.5, 0.6) is 0 Å². The Morgan fingerprint density at radius 1 is 1.16 bits per heavy atom. The molecule has 0 N–H and O–H groups in total. The van der Waals surface area contributed by atoms with Crippen LogP contribution in [0.25, 0.3) is 12.2 Å². The first-order valence-corrected chi connectivity index (χ1v) is 10.1. The van der Waals surface area contributed by atoms with Gasteiger partial charge in [-0.3, -0.25) is 10.1 Å². The van der Waals surface area contributed by atoms with Crippen molar-refractivity contribution in [3.8, 4) is 6.07 Å². The van der Waals surface area contributed by atoms with Crippen LogP contribution in [-0.4, -0.2) is 22.5 Å². The average molecular weight is 431 g/mol. The molecule has 3 rings (SSSR count). The molecule has 0 atom stereocenters. The zero-order chi connectivity index (χ0) is 22.2. The van der Waals surface area contributed by atoms with Crippen molar-refractivity contribution in [1.29, 1.82) is 5.26 Å². The average Bonchev–Trinajstić information content (AvgIpc) is 2.79. The Morgan fingerprint density at radius 2 is 1.84 bits per heavy atom. The van der Waals surface area contributed by atoms with Gasteiger partial charge in [0.2, 0.25) is 0 Å². The molecule has 0 aliphatic carbocycles. The first-order chi connectivity index (χ1) is 15.0. The summed E-state index contributed by atoms with van der Waals surface area (Å²) in [5.74, 6) is -0.359. The fourth-order valence-corrected chi connectivity index (χ4v) is 3.42. The largest absolute Gasteiger partial charge is 0.462 e. The van der Waals surface area contributed by atoms with Crippen molar-refractivity contribution < 1.29 is 14.5 Å². The molecule has 0 saturated carbocycles. The van der Waals surface area contributed by atoms with Crippen molar-refractivity contribution in [2.75, 3.05) is 6.61 Å². The summed E-state index contributed by atoms with van der Waals surface area (Å²) in [5, 5.41) is 20.8. The molecule has 2 aromatic carbocycles. The van der Waals surface area contributed by atoms with E-state index >= 15 is 0 Å². The number of hydrogen-bond acceptors (Lipinski definition) is 7. The van der Waals surface area contributed by atoms with E-state index in [1.54, 1.807) is 55.6 Å². The first-order valence-electron chi connectivity index (χ1n) is 9.28. The minimum atomic E-state index is -0.459. The highest BCUT2D eigenvalue weighted by atomic mass is 32.2. The molecule has 0 fully saturated rings. The molecule has 1 heterocycles. The molecule has 1 aromatic heterocycles. The smallest absolute Gasteiger partial charge is 0.338 e. The molecule has 3 aromatic rings. The highest BCUT2D eigenvalue weighted by Crippen LogP contribution is 2.30. The van der Waals surface area contributed by atoms with Gasteiger partial charge < -0.3 is 4.74 Å². The number of pyridine rings is 1. The SMILES string of the molecule is CCOC(=O)c1ccc(C=Cc2cnc(Sc3ccc([N+](=O)[O-])cc3)c(C#N)c2)cc1. The van der Waals surface area contributed by atoms with E-state index in [1.807, 2.05) is 12.2 Å². The van der Waals surface area contributed by atoms with Crippen molar-refractivity contribution >= 4 is 35.6 Å².